The highest BCUT2D eigenvalue weighted by atomic mass is 32.1. The van der Waals surface area contributed by atoms with E-state index in [2.05, 4.69) is 27.8 Å². The molecule has 1 amide bonds. The number of pyridine rings is 1. The fraction of sp³-hybridized carbons (Fsp3) is 0.188. The first kappa shape index (κ1) is 15.6. The Hall–Kier alpha value is -2.25. The molecule has 0 saturated heterocycles. The van der Waals surface area contributed by atoms with E-state index in [-0.39, 0.29) is 5.91 Å². The highest BCUT2D eigenvalue weighted by Crippen LogP contribution is 2.29. The van der Waals surface area contributed by atoms with Gasteiger partial charge in [0.25, 0.3) is 5.91 Å². The van der Waals surface area contributed by atoms with Crippen molar-refractivity contribution in [1.29, 1.82) is 0 Å². The summed E-state index contributed by atoms with van der Waals surface area (Å²) in [7, 11) is 0. The van der Waals surface area contributed by atoms with Crippen molar-refractivity contribution in [3.63, 3.8) is 0 Å². The highest BCUT2D eigenvalue weighted by Gasteiger charge is 2.09. The molecule has 0 fully saturated rings. The van der Waals surface area contributed by atoms with Gasteiger partial charge in [0.2, 0.25) is 0 Å². The van der Waals surface area contributed by atoms with E-state index in [1.165, 1.54) is 17.3 Å². The SMILES string of the molecule is Cc1nc(-c2ccc(CCNC(=O)c3ccc[n+]([O-])c3)s2)cs1. The van der Waals surface area contributed by atoms with Gasteiger partial charge in [-0.15, -0.1) is 22.7 Å². The molecule has 5 nitrogen and oxygen atoms in total. The quantitative estimate of drug-likeness (QED) is 0.571. The highest BCUT2D eigenvalue weighted by molar-refractivity contribution is 7.16. The van der Waals surface area contributed by atoms with Gasteiger partial charge in [0.05, 0.1) is 15.6 Å². The number of aryl methyl sites for hydroxylation is 1. The molecule has 1 N–H and O–H groups in total. The smallest absolute Gasteiger partial charge is 0.257 e. The Labute approximate surface area is 141 Å². The van der Waals surface area contributed by atoms with Gasteiger partial charge in [0, 0.05) is 22.9 Å². The number of hydrogen-bond acceptors (Lipinski definition) is 5. The summed E-state index contributed by atoms with van der Waals surface area (Å²) in [5, 5.41) is 17.1. The number of aromatic nitrogens is 2. The van der Waals surface area contributed by atoms with Crippen LogP contribution in [0.5, 0.6) is 0 Å². The lowest BCUT2D eigenvalue weighted by Crippen LogP contribution is -2.30. The van der Waals surface area contributed by atoms with Gasteiger partial charge in [-0.1, -0.05) is 0 Å². The molecule has 118 valence electrons. The van der Waals surface area contributed by atoms with Gasteiger partial charge in [0.1, 0.15) is 5.56 Å². The number of carbonyl (C=O) groups is 1. The summed E-state index contributed by atoms with van der Waals surface area (Å²) >= 11 is 3.33. The molecule has 0 radical (unpaired) electrons. The number of rotatable bonds is 5. The van der Waals surface area contributed by atoms with Gasteiger partial charge in [-0.2, -0.15) is 4.73 Å². The standard InChI is InChI=1S/C16H15N3O2S2/c1-11-18-14(10-22-11)15-5-4-13(23-15)6-7-17-16(20)12-3-2-8-19(21)9-12/h2-5,8-10H,6-7H2,1H3,(H,17,20). The van der Waals surface area contributed by atoms with Gasteiger partial charge in [-0.25, -0.2) is 4.98 Å². The molecule has 0 aliphatic heterocycles. The van der Waals surface area contributed by atoms with E-state index in [1.54, 1.807) is 34.8 Å². The van der Waals surface area contributed by atoms with Crippen molar-refractivity contribution >= 4 is 28.6 Å². The largest absolute Gasteiger partial charge is 0.619 e. The summed E-state index contributed by atoms with van der Waals surface area (Å²) in [6.07, 6.45) is 3.37. The van der Waals surface area contributed by atoms with Crippen LogP contribution in [0.25, 0.3) is 10.6 Å². The Bertz CT molecular complexity index is 826. The molecule has 3 aromatic heterocycles. The second-order valence-electron chi connectivity index (χ2n) is 4.98. The molecule has 0 aromatic carbocycles. The van der Waals surface area contributed by atoms with E-state index in [1.807, 2.05) is 6.92 Å². The lowest BCUT2D eigenvalue weighted by atomic mass is 10.2. The van der Waals surface area contributed by atoms with E-state index in [4.69, 9.17) is 0 Å². The first-order valence-electron chi connectivity index (χ1n) is 7.10. The van der Waals surface area contributed by atoms with Crippen molar-refractivity contribution < 1.29 is 9.52 Å². The number of nitrogens with zero attached hydrogens (tertiary/aromatic N) is 2. The lowest BCUT2D eigenvalue weighted by molar-refractivity contribution is -0.605. The maximum absolute atomic E-state index is 11.9. The van der Waals surface area contributed by atoms with Gasteiger partial charge < -0.3 is 10.5 Å². The molecular formula is C16H15N3O2S2. The maximum atomic E-state index is 11.9. The topological polar surface area (TPSA) is 68.9 Å². The molecule has 3 rings (SSSR count). The summed E-state index contributed by atoms with van der Waals surface area (Å²) in [4.78, 5) is 18.8. The Morgan fingerprint density at radius 3 is 3.00 bits per heavy atom. The normalized spacial score (nSPS) is 10.7. The molecule has 0 atom stereocenters. The molecule has 7 heteroatoms. The molecule has 3 aromatic rings. The van der Waals surface area contributed by atoms with Crippen LogP contribution in [-0.4, -0.2) is 17.4 Å². The van der Waals surface area contributed by atoms with Crippen LogP contribution in [0.1, 0.15) is 20.2 Å². The fourth-order valence-electron chi connectivity index (χ4n) is 2.12. The average Bonchev–Trinajstić information content (AvgIpc) is 3.16. The fourth-order valence-corrected chi connectivity index (χ4v) is 3.77. The molecule has 23 heavy (non-hydrogen) atoms. The number of amides is 1. The van der Waals surface area contributed by atoms with Crippen molar-refractivity contribution in [3.8, 4) is 10.6 Å². The molecular weight excluding hydrogens is 330 g/mol. The number of thiazole rings is 1. The Kier molecular flexibility index (Phi) is 4.68. The second kappa shape index (κ2) is 6.89. The third kappa shape index (κ3) is 3.94. The Morgan fingerprint density at radius 1 is 1.39 bits per heavy atom. The van der Waals surface area contributed by atoms with Crippen molar-refractivity contribution in [2.75, 3.05) is 6.54 Å². The maximum Gasteiger partial charge on any atom is 0.257 e. The summed E-state index contributed by atoms with van der Waals surface area (Å²) in [5.41, 5.74) is 1.38. The van der Waals surface area contributed by atoms with Crippen LogP contribution in [0, 0.1) is 12.1 Å². The van der Waals surface area contributed by atoms with E-state index in [9.17, 15) is 10.0 Å². The lowest BCUT2D eigenvalue weighted by Gasteiger charge is -2.03. The molecule has 3 heterocycles. The minimum atomic E-state index is -0.234. The summed E-state index contributed by atoms with van der Waals surface area (Å²) in [6, 6.07) is 7.31. The van der Waals surface area contributed by atoms with Crippen LogP contribution < -0.4 is 10.0 Å². The van der Waals surface area contributed by atoms with Crippen molar-refractivity contribution in [2.45, 2.75) is 13.3 Å². The van der Waals surface area contributed by atoms with Crippen LogP contribution in [0.4, 0.5) is 0 Å². The van der Waals surface area contributed by atoms with E-state index >= 15 is 0 Å². The van der Waals surface area contributed by atoms with Gasteiger partial charge in [-0.3, -0.25) is 4.79 Å². The van der Waals surface area contributed by atoms with E-state index < -0.39 is 0 Å². The van der Waals surface area contributed by atoms with Crippen molar-refractivity contribution in [3.05, 3.63) is 62.7 Å². The average molecular weight is 345 g/mol. The summed E-state index contributed by atoms with van der Waals surface area (Å²) in [6.45, 7) is 2.52. The Morgan fingerprint density at radius 2 is 2.26 bits per heavy atom. The third-order valence-electron chi connectivity index (χ3n) is 3.23. The summed E-state index contributed by atoms with van der Waals surface area (Å²) in [5.74, 6) is -0.234. The number of thiophene rings is 1. The van der Waals surface area contributed by atoms with Crippen molar-refractivity contribution in [2.24, 2.45) is 0 Å². The van der Waals surface area contributed by atoms with Crippen LogP contribution in [-0.2, 0) is 6.42 Å². The molecule has 0 bridgehead atoms. The van der Waals surface area contributed by atoms with Gasteiger partial charge >= 0.3 is 0 Å². The number of hydrogen-bond donors (Lipinski definition) is 1. The predicted molar refractivity (Wildman–Crippen MR) is 91.6 cm³/mol. The third-order valence-corrected chi connectivity index (χ3v) is 5.17. The van der Waals surface area contributed by atoms with Gasteiger partial charge in [-0.05, 0) is 31.5 Å². The van der Waals surface area contributed by atoms with Crippen LogP contribution in [0.2, 0.25) is 0 Å². The van der Waals surface area contributed by atoms with Crippen LogP contribution >= 0.6 is 22.7 Å². The van der Waals surface area contributed by atoms with Crippen molar-refractivity contribution in [1.82, 2.24) is 10.3 Å². The minimum Gasteiger partial charge on any atom is -0.619 e. The van der Waals surface area contributed by atoms with E-state index in [0.29, 0.717) is 16.8 Å². The first-order chi connectivity index (χ1) is 11.1. The number of carbonyl (C=O) groups excluding carboxylic acids is 1. The zero-order chi connectivity index (χ0) is 16.2. The zero-order valence-corrected chi connectivity index (χ0v) is 14.1. The molecule has 0 unspecified atom stereocenters. The van der Waals surface area contributed by atoms with Crippen LogP contribution in [0.15, 0.2) is 42.0 Å². The monoisotopic (exact) mass is 345 g/mol. The molecule has 0 saturated carbocycles. The predicted octanol–water partition coefficient (Wildman–Crippen LogP) is 2.79. The first-order valence-corrected chi connectivity index (χ1v) is 8.80. The summed E-state index contributed by atoms with van der Waals surface area (Å²) < 4.78 is 0.621. The minimum absolute atomic E-state index is 0.234. The van der Waals surface area contributed by atoms with E-state index in [0.717, 1.165) is 22.0 Å². The second-order valence-corrected chi connectivity index (χ2v) is 7.21. The van der Waals surface area contributed by atoms with Gasteiger partial charge in [0.15, 0.2) is 12.4 Å². The Balaban J connectivity index is 1.55. The number of nitrogens with one attached hydrogen (secondary N) is 1. The molecule has 0 aliphatic carbocycles. The molecule has 0 aliphatic rings. The molecule has 0 spiro atoms. The zero-order valence-electron chi connectivity index (χ0n) is 12.5. The van der Waals surface area contributed by atoms with Crippen LogP contribution in [0.3, 0.4) is 0 Å².